The maximum absolute atomic E-state index is 13.2. The minimum Gasteiger partial charge on any atom is -0.381 e. The molecule has 8 nitrogen and oxygen atoms in total. The first-order valence-corrected chi connectivity index (χ1v) is 15.8. The van der Waals surface area contributed by atoms with E-state index < -0.39 is 15.1 Å². The van der Waals surface area contributed by atoms with Gasteiger partial charge in [0.1, 0.15) is 5.76 Å². The molecule has 2 N–H and O–H groups in total. The fourth-order valence-corrected chi connectivity index (χ4v) is 9.29. The first kappa shape index (κ1) is 25.5. The van der Waals surface area contributed by atoms with Gasteiger partial charge in [-0.1, -0.05) is 35.5 Å². The lowest BCUT2D eigenvalue weighted by Gasteiger charge is -2.47. The molecule has 1 aromatic heterocycles. The van der Waals surface area contributed by atoms with E-state index in [-0.39, 0.29) is 36.0 Å². The highest BCUT2D eigenvalue weighted by molar-refractivity contribution is 7.91. The fraction of sp³-hybridized carbons (Fsp3) is 0.679. The Balaban J connectivity index is 1.46. The number of nitrogens with zero attached hydrogens (tertiary/aromatic N) is 2. The third kappa shape index (κ3) is 4.56. The van der Waals surface area contributed by atoms with Crippen LogP contribution in [-0.4, -0.2) is 81.0 Å². The number of piperidine rings is 2. The molecule has 5 heterocycles. The first-order chi connectivity index (χ1) is 17.8. The maximum atomic E-state index is 13.2. The minimum absolute atomic E-state index is 0.0322. The van der Waals surface area contributed by atoms with Gasteiger partial charge in [0.15, 0.2) is 9.84 Å². The van der Waals surface area contributed by atoms with E-state index in [1.54, 1.807) is 0 Å². The maximum Gasteiger partial charge on any atom is 0.153 e. The Hall–Kier alpha value is -1.78. The molecule has 0 radical (unpaired) electrons. The lowest BCUT2D eigenvalue weighted by atomic mass is 9.80. The van der Waals surface area contributed by atoms with Crippen LogP contribution in [0.25, 0.3) is 0 Å². The average Bonchev–Trinajstić information content (AvgIpc) is 3.41. The molecule has 4 fully saturated rings. The summed E-state index contributed by atoms with van der Waals surface area (Å²) in [4.78, 5) is 2.67. The van der Waals surface area contributed by atoms with Crippen molar-refractivity contribution >= 4 is 9.84 Å². The van der Waals surface area contributed by atoms with Gasteiger partial charge < -0.3 is 19.9 Å². The molecule has 6 rings (SSSR count). The van der Waals surface area contributed by atoms with E-state index in [0.717, 1.165) is 57.0 Å². The number of hydrogen-bond acceptors (Lipinski definition) is 8. The quantitative estimate of drug-likeness (QED) is 0.612. The van der Waals surface area contributed by atoms with E-state index in [1.807, 2.05) is 13.8 Å². The Morgan fingerprint density at radius 2 is 1.84 bits per heavy atom. The van der Waals surface area contributed by atoms with Crippen LogP contribution in [0.5, 0.6) is 0 Å². The molecule has 0 amide bonds. The normalized spacial score (nSPS) is 34.1. The van der Waals surface area contributed by atoms with Gasteiger partial charge in [-0.2, -0.15) is 0 Å². The molecule has 37 heavy (non-hydrogen) atoms. The predicted octanol–water partition coefficient (Wildman–Crippen LogP) is 2.59. The average molecular weight is 529 g/mol. The van der Waals surface area contributed by atoms with Crippen molar-refractivity contribution in [1.82, 2.24) is 20.7 Å². The second-order valence-electron chi connectivity index (χ2n) is 11.6. The number of aryl methyl sites for hydroxylation is 2. The van der Waals surface area contributed by atoms with Gasteiger partial charge in [0, 0.05) is 80.7 Å². The Kier molecular flexibility index (Phi) is 6.94. The molecule has 4 aliphatic rings. The molecule has 4 saturated heterocycles. The second-order valence-corrected chi connectivity index (χ2v) is 13.9. The summed E-state index contributed by atoms with van der Waals surface area (Å²) in [7, 11) is -3.25. The van der Waals surface area contributed by atoms with Crippen LogP contribution in [0.2, 0.25) is 0 Å². The third-order valence-electron chi connectivity index (χ3n) is 9.50. The Morgan fingerprint density at radius 3 is 2.51 bits per heavy atom. The van der Waals surface area contributed by atoms with Crippen LogP contribution >= 0.6 is 0 Å². The number of aromatic nitrogens is 1. The zero-order valence-electron chi connectivity index (χ0n) is 22.1. The summed E-state index contributed by atoms with van der Waals surface area (Å²) < 4.78 is 37.8. The summed E-state index contributed by atoms with van der Waals surface area (Å²) in [5.41, 5.74) is 3.46. The van der Waals surface area contributed by atoms with Gasteiger partial charge in [-0.3, -0.25) is 4.90 Å². The summed E-state index contributed by atoms with van der Waals surface area (Å²) in [6.45, 7) is 7.78. The molecule has 0 saturated carbocycles. The number of rotatable bonds is 5. The van der Waals surface area contributed by atoms with Crippen molar-refractivity contribution < 1.29 is 17.7 Å². The summed E-state index contributed by atoms with van der Waals surface area (Å²) >= 11 is 0. The molecule has 2 aromatic rings. The number of nitrogens with one attached hydrogen (secondary N) is 2. The van der Waals surface area contributed by atoms with Gasteiger partial charge in [-0.25, -0.2) is 8.42 Å². The molecule has 0 spiro atoms. The lowest BCUT2D eigenvalue weighted by Crippen LogP contribution is -2.59. The monoisotopic (exact) mass is 528 g/mol. The molecular weight excluding hydrogens is 488 g/mol. The van der Waals surface area contributed by atoms with E-state index >= 15 is 0 Å². The molecule has 4 aliphatic heterocycles. The Bertz CT molecular complexity index is 1180. The highest BCUT2D eigenvalue weighted by atomic mass is 32.2. The lowest BCUT2D eigenvalue weighted by molar-refractivity contribution is -0.00179. The Morgan fingerprint density at radius 1 is 1.08 bits per heavy atom. The fourth-order valence-electron chi connectivity index (χ4n) is 8.02. The molecular formula is C28H40N4O4S. The van der Waals surface area contributed by atoms with Gasteiger partial charge >= 0.3 is 0 Å². The van der Waals surface area contributed by atoms with Crippen molar-refractivity contribution in [3.63, 3.8) is 0 Å². The molecule has 202 valence electrons. The van der Waals surface area contributed by atoms with Gasteiger partial charge in [0.2, 0.25) is 0 Å². The zero-order chi connectivity index (χ0) is 25.7. The summed E-state index contributed by atoms with van der Waals surface area (Å²) in [5, 5.41) is 11.2. The topological polar surface area (TPSA) is 96.7 Å². The van der Waals surface area contributed by atoms with Crippen LogP contribution in [0.1, 0.15) is 53.8 Å². The molecule has 9 heteroatoms. The van der Waals surface area contributed by atoms with E-state index in [4.69, 9.17) is 9.26 Å². The van der Waals surface area contributed by atoms with Crippen molar-refractivity contribution in [3.8, 4) is 0 Å². The number of likely N-dealkylation sites (tertiary alicyclic amines) is 1. The zero-order valence-corrected chi connectivity index (χ0v) is 22.9. The molecule has 7 atom stereocenters. The number of hydrogen-bond donors (Lipinski definition) is 2. The molecule has 0 bridgehead atoms. The molecule has 6 unspecified atom stereocenters. The van der Waals surface area contributed by atoms with Gasteiger partial charge in [0.25, 0.3) is 0 Å². The standard InChI is InChI=1S/C28H40N4O4S/c1-17-25(18(2)36-31-17)21-13-23-26(30-14-21)22-15-29-16-24(37(3,33)34)28(22)32(23)27(19-7-5-4-6-8-19)20-9-11-35-12-10-20/h4-8,20-24,26-30H,9-16H2,1-3H3/t21?,22?,23?,24?,26?,27-,28?/m1/s1. The van der Waals surface area contributed by atoms with Crippen molar-refractivity contribution in [2.45, 2.75) is 68.4 Å². The van der Waals surface area contributed by atoms with Gasteiger partial charge in [0.05, 0.1) is 10.9 Å². The second kappa shape index (κ2) is 10.1. The van der Waals surface area contributed by atoms with Crippen LogP contribution in [0.4, 0.5) is 0 Å². The minimum atomic E-state index is -3.25. The SMILES string of the molecule is Cc1noc(C)c1C1CNC2C3CNCC(S(C)(=O)=O)C3N([C@H](c3ccccc3)C3CCOCC3)C2C1. The van der Waals surface area contributed by atoms with Crippen LogP contribution in [0, 0.1) is 25.7 Å². The van der Waals surface area contributed by atoms with Crippen LogP contribution in [0.15, 0.2) is 34.9 Å². The van der Waals surface area contributed by atoms with Gasteiger partial charge in [-0.15, -0.1) is 0 Å². The predicted molar refractivity (Wildman–Crippen MR) is 142 cm³/mol. The summed E-state index contributed by atoms with van der Waals surface area (Å²) in [6.07, 6.45) is 4.38. The highest BCUT2D eigenvalue weighted by Crippen LogP contribution is 2.49. The van der Waals surface area contributed by atoms with Gasteiger partial charge in [-0.05, 0) is 44.6 Å². The van der Waals surface area contributed by atoms with Crippen LogP contribution in [-0.2, 0) is 14.6 Å². The van der Waals surface area contributed by atoms with Crippen molar-refractivity contribution in [3.05, 3.63) is 52.9 Å². The largest absolute Gasteiger partial charge is 0.381 e. The number of benzene rings is 1. The van der Waals surface area contributed by atoms with E-state index in [1.165, 1.54) is 17.4 Å². The summed E-state index contributed by atoms with van der Waals surface area (Å²) in [6, 6.07) is 11.4. The highest BCUT2D eigenvalue weighted by Gasteiger charge is 2.59. The number of fused-ring (bicyclic) bond motifs is 3. The summed E-state index contributed by atoms with van der Waals surface area (Å²) in [5.74, 6) is 1.83. The molecule has 1 aromatic carbocycles. The van der Waals surface area contributed by atoms with Crippen LogP contribution < -0.4 is 10.6 Å². The molecule has 0 aliphatic carbocycles. The van der Waals surface area contributed by atoms with Crippen molar-refractivity contribution in [2.24, 2.45) is 11.8 Å². The smallest absolute Gasteiger partial charge is 0.153 e. The number of ether oxygens (including phenoxy) is 1. The third-order valence-corrected chi connectivity index (χ3v) is 11.0. The van der Waals surface area contributed by atoms with E-state index in [2.05, 4.69) is 51.0 Å². The van der Waals surface area contributed by atoms with Crippen molar-refractivity contribution in [1.29, 1.82) is 0 Å². The van der Waals surface area contributed by atoms with Crippen LogP contribution in [0.3, 0.4) is 0 Å². The van der Waals surface area contributed by atoms with E-state index in [9.17, 15) is 8.42 Å². The number of sulfone groups is 1. The van der Waals surface area contributed by atoms with E-state index in [0.29, 0.717) is 12.5 Å². The Labute approximate surface area is 220 Å². The first-order valence-electron chi connectivity index (χ1n) is 13.8. The van der Waals surface area contributed by atoms with Crippen molar-refractivity contribution in [2.75, 3.05) is 39.1 Å².